The van der Waals surface area contributed by atoms with Crippen molar-refractivity contribution in [3.05, 3.63) is 33.7 Å². The standard InChI is InChI=1S/C9H8O4S/c1-5-2-3-14-8(5)6(10)4-7(11)9(12)13/h2-4,11H,1H3,(H,12,13)/b7-4-. The molecular formula is C9H8O4S. The van der Waals surface area contributed by atoms with E-state index in [9.17, 15) is 9.59 Å². The summed E-state index contributed by atoms with van der Waals surface area (Å²) in [6.07, 6.45) is 0.709. The molecule has 0 bridgehead atoms. The van der Waals surface area contributed by atoms with Crippen molar-refractivity contribution in [1.82, 2.24) is 0 Å². The van der Waals surface area contributed by atoms with E-state index in [2.05, 4.69) is 0 Å². The van der Waals surface area contributed by atoms with Crippen LogP contribution < -0.4 is 0 Å². The normalized spacial score (nSPS) is 11.4. The molecular weight excluding hydrogens is 204 g/mol. The first-order valence-electron chi connectivity index (χ1n) is 3.74. The van der Waals surface area contributed by atoms with Crippen molar-refractivity contribution in [2.24, 2.45) is 0 Å². The summed E-state index contributed by atoms with van der Waals surface area (Å²) in [4.78, 5) is 22.0. The third-order valence-electron chi connectivity index (χ3n) is 1.57. The van der Waals surface area contributed by atoms with Gasteiger partial charge in [-0.25, -0.2) is 4.79 Å². The molecule has 1 heterocycles. The van der Waals surface area contributed by atoms with Crippen molar-refractivity contribution < 1.29 is 19.8 Å². The number of allylic oxidation sites excluding steroid dienone is 1. The molecule has 0 aliphatic heterocycles. The van der Waals surface area contributed by atoms with Gasteiger partial charge in [0.05, 0.1) is 4.88 Å². The summed E-state index contributed by atoms with van der Waals surface area (Å²) in [7, 11) is 0. The lowest BCUT2D eigenvalue weighted by Crippen LogP contribution is -2.03. The van der Waals surface area contributed by atoms with Crippen LogP contribution in [0.25, 0.3) is 0 Å². The van der Waals surface area contributed by atoms with E-state index in [-0.39, 0.29) is 0 Å². The number of hydrogen-bond acceptors (Lipinski definition) is 4. The zero-order valence-corrected chi connectivity index (χ0v) is 8.17. The predicted octanol–water partition coefficient (Wildman–Crippen LogP) is 1.77. The smallest absolute Gasteiger partial charge is 0.371 e. The number of ketones is 1. The Morgan fingerprint density at radius 3 is 2.50 bits per heavy atom. The first-order valence-corrected chi connectivity index (χ1v) is 4.62. The van der Waals surface area contributed by atoms with Crippen molar-refractivity contribution >= 4 is 23.1 Å². The summed E-state index contributed by atoms with van der Waals surface area (Å²) in [6.45, 7) is 1.75. The van der Waals surface area contributed by atoms with E-state index >= 15 is 0 Å². The van der Waals surface area contributed by atoms with Crippen LogP contribution in [-0.2, 0) is 4.79 Å². The van der Waals surface area contributed by atoms with Crippen LogP contribution in [0.1, 0.15) is 15.2 Å². The number of hydrogen-bond donors (Lipinski definition) is 2. The number of carbonyl (C=O) groups excluding carboxylic acids is 1. The van der Waals surface area contributed by atoms with Crippen molar-refractivity contribution in [2.75, 3.05) is 0 Å². The topological polar surface area (TPSA) is 74.6 Å². The molecule has 0 aromatic carbocycles. The molecule has 0 fully saturated rings. The molecule has 74 valence electrons. The first kappa shape index (κ1) is 10.5. The third kappa shape index (κ3) is 2.20. The molecule has 0 aliphatic rings. The number of rotatable bonds is 3. The Morgan fingerprint density at radius 2 is 2.07 bits per heavy atom. The molecule has 0 amide bonds. The molecule has 2 N–H and O–H groups in total. The van der Waals surface area contributed by atoms with E-state index in [0.717, 1.165) is 5.56 Å². The second kappa shape index (κ2) is 4.06. The molecule has 4 nitrogen and oxygen atoms in total. The fraction of sp³-hybridized carbons (Fsp3) is 0.111. The van der Waals surface area contributed by atoms with E-state index in [1.54, 1.807) is 18.4 Å². The minimum atomic E-state index is -1.51. The number of aliphatic carboxylic acids is 1. The average molecular weight is 212 g/mol. The summed E-state index contributed by atoms with van der Waals surface area (Å²) in [5.74, 6) is -2.94. The SMILES string of the molecule is Cc1ccsc1C(=O)/C=C(\O)C(=O)O. The lowest BCUT2D eigenvalue weighted by atomic mass is 10.2. The van der Waals surface area contributed by atoms with E-state index in [4.69, 9.17) is 10.2 Å². The first-order chi connectivity index (χ1) is 6.52. The van der Waals surface area contributed by atoms with Gasteiger partial charge in [0.2, 0.25) is 5.76 Å². The summed E-state index contributed by atoms with van der Waals surface area (Å²) in [5, 5.41) is 18.9. The van der Waals surface area contributed by atoms with Gasteiger partial charge in [-0.3, -0.25) is 4.79 Å². The molecule has 1 aromatic rings. The van der Waals surface area contributed by atoms with Gasteiger partial charge in [-0.05, 0) is 23.9 Å². The zero-order chi connectivity index (χ0) is 10.7. The molecule has 0 spiro atoms. The monoisotopic (exact) mass is 212 g/mol. The zero-order valence-electron chi connectivity index (χ0n) is 7.35. The van der Waals surface area contributed by atoms with E-state index in [1.807, 2.05) is 0 Å². The van der Waals surface area contributed by atoms with Gasteiger partial charge in [0.25, 0.3) is 0 Å². The highest BCUT2D eigenvalue weighted by Gasteiger charge is 2.12. The van der Waals surface area contributed by atoms with E-state index in [1.165, 1.54) is 11.3 Å². The summed E-state index contributed by atoms with van der Waals surface area (Å²) in [5.41, 5.74) is 0.773. The molecule has 1 aromatic heterocycles. The average Bonchev–Trinajstić information content (AvgIpc) is 2.51. The van der Waals surface area contributed by atoms with Crippen LogP contribution in [-0.4, -0.2) is 22.0 Å². The van der Waals surface area contributed by atoms with Gasteiger partial charge >= 0.3 is 5.97 Å². The fourth-order valence-electron chi connectivity index (χ4n) is 0.877. The van der Waals surface area contributed by atoms with Crippen LogP contribution in [0.5, 0.6) is 0 Å². The van der Waals surface area contributed by atoms with Gasteiger partial charge in [0, 0.05) is 6.08 Å². The number of carbonyl (C=O) groups is 2. The number of aryl methyl sites for hydroxylation is 1. The number of aliphatic hydroxyl groups excluding tert-OH is 1. The van der Waals surface area contributed by atoms with Crippen LogP contribution in [0.4, 0.5) is 0 Å². The van der Waals surface area contributed by atoms with Gasteiger partial charge in [-0.15, -0.1) is 11.3 Å². The highest BCUT2D eigenvalue weighted by Crippen LogP contribution is 2.16. The maximum atomic E-state index is 11.4. The largest absolute Gasteiger partial charge is 0.502 e. The quantitative estimate of drug-likeness (QED) is 0.455. The summed E-state index contributed by atoms with van der Waals surface area (Å²) in [6, 6.07) is 1.75. The van der Waals surface area contributed by atoms with Gasteiger partial charge in [0.15, 0.2) is 5.78 Å². The number of carboxylic acids is 1. The van der Waals surface area contributed by atoms with Gasteiger partial charge in [0.1, 0.15) is 0 Å². The Labute approximate surface area is 84.1 Å². The van der Waals surface area contributed by atoms with Gasteiger partial charge in [-0.1, -0.05) is 0 Å². The summed E-state index contributed by atoms with van der Waals surface area (Å²) < 4.78 is 0. The van der Waals surface area contributed by atoms with E-state index in [0.29, 0.717) is 11.0 Å². The minimum Gasteiger partial charge on any atom is -0.502 e. The molecule has 0 aliphatic carbocycles. The van der Waals surface area contributed by atoms with Crippen LogP contribution >= 0.6 is 11.3 Å². The number of carboxylic acid groups (broad SMARTS) is 1. The number of aliphatic hydroxyl groups is 1. The minimum absolute atomic E-state index is 0.442. The summed E-state index contributed by atoms with van der Waals surface area (Å²) >= 11 is 1.21. The van der Waals surface area contributed by atoms with Crippen molar-refractivity contribution in [2.45, 2.75) is 6.92 Å². The van der Waals surface area contributed by atoms with Crippen molar-refractivity contribution in [3.8, 4) is 0 Å². The van der Waals surface area contributed by atoms with Crippen LogP contribution in [0, 0.1) is 6.92 Å². The van der Waals surface area contributed by atoms with Gasteiger partial charge in [-0.2, -0.15) is 0 Å². The number of thiophene rings is 1. The highest BCUT2D eigenvalue weighted by molar-refractivity contribution is 7.12. The molecule has 0 saturated carbocycles. The van der Waals surface area contributed by atoms with Crippen LogP contribution in [0.3, 0.4) is 0 Å². The Kier molecular flexibility index (Phi) is 3.03. The Balaban J connectivity index is 2.93. The second-order valence-corrected chi connectivity index (χ2v) is 3.55. The maximum absolute atomic E-state index is 11.4. The molecule has 0 atom stereocenters. The predicted molar refractivity (Wildman–Crippen MR) is 51.7 cm³/mol. The fourth-order valence-corrected chi connectivity index (χ4v) is 1.71. The van der Waals surface area contributed by atoms with Crippen molar-refractivity contribution in [1.29, 1.82) is 0 Å². The Hall–Kier alpha value is -1.62. The molecule has 0 saturated heterocycles. The third-order valence-corrected chi connectivity index (χ3v) is 2.60. The molecule has 0 unspecified atom stereocenters. The van der Waals surface area contributed by atoms with Crippen LogP contribution in [0.2, 0.25) is 0 Å². The van der Waals surface area contributed by atoms with Gasteiger partial charge < -0.3 is 10.2 Å². The molecule has 0 radical (unpaired) electrons. The Morgan fingerprint density at radius 1 is 1.43 bits per heavy atom. The van der Waals surface area contributed by atoms with Crippen molar-refractivity contribution in [3.63, 3.8) is 0 Å². The maximum Gasteiger partial charge on any atom is 0.371 e. The highest BCUT2D eigenvalue weighted by atomic mass is 32.1. The lowest BCUT2D eigenvalue weighted by Gasteiger charge is -1.93. The molecule has 5 heteroatoms. The Bertz CT molecular complexity index is 403. The second-order valence-electron chi connectivity index (χ2n) is 2.63. The lowest BCUT2D eigenvalue weighted by molar-refractivity contribution is -0.135. The van der Waals surface area contributed by atoms with E-state index < -0.39 is 17.5 Å². The molecule has 14 heavy (non-hydrogen) atoms. The van der Waals surface area contributed by atoms with Crippen LogP contribution in [0.15, 0.2) is 23.3 Å². The molecule has 1 rings (SSSR count).